The molecule has 1 atom stereocenters. The van der Waals surface area contributed by atoms with Gasteiger partial charge in [-0.15, -0.1) is 5.10 Å². The van der Waals surface area contributed by atoms with Crippen LogP contribution in [0.4, 0.5) is 0 Å². The zero-order chi connectivity index (χ0) is 14.7. The minimum absolute atomic E-state index is 0.190. The van der Waals surface area contributed by atoms with E-state index < -0.39 is 0 Å². The van der Waals surface area contributed by atoms with Crippen LogP contribution in [-0.2, 0) is 0 Å². The lowest BCUT2D eigenvalue weighted by Gasteiger charge is -2.19. The third-order valence-electron chi connectivity index (χ3n) is 3.23. The second kappa shape index (κ2) is 5.81. The highest BCUT2D eigenvalue weighted by molar-refractivity contribution is 6.06. The van der Waals surface area contributed by atoms with Crippen molar-refractivity contribution < 1.29 is 14.2 Å². The van der Waals surface area contributed by atoms with Gasteiger partial charge in [0.1, 0.15) is 5.84 Å². The summed E-state index contributed by atoms with van der Waals surface area (Å²) in [6, 6.07) is 3.74. The quantitative estimate of drug-likeness (QED) is 0.910. The van der Waals surface area contributed by atoms with Crippen LogP contribution in [0.15, 0.2) is 22.3 Å². The van der Waals surface area contributed by atoms with Crippen molar-refractivity contribution in [2.24, 2.45) is 21.9 Å². The summed E-state index contributed by atoms with van der Waals surface area (Å²) >= 11 is 0. The van der Waals surface area contributed by atoms with Gasteiger partial charge in [0.05, 0.1) is 27.0 Å². The fourth-order valence-electron chi connectivity index (χ4n) is 2.24. The predicted octanol–water partition coefficient (Wildman–Crippen LogP) is 1.81. The van der Waals surface area contributed by atoms with Crippen LogP contribution in [0.2, 0.25) is 0 Å². The van der Waals surface area contributed by atoms with Gasteiger partial charge in [-0.3, -0.25) is 0 Å². The van der Waals surface area contributed by atoms with Crippen molar-refractivity contribution in [1.82, 2.24) is 0 Å². The summed E-state index contributed by atoms with van der Waals surface area (Å²) in [6.07, 6.45) is 0.690. The first-order valence-electron chi connectivity index (χ1n) is 6.31. The monoisotopic (exact) mass is 277 g/mol. The van der Waals surface area contributed by atoms with E-state index in [4.69, 9.17) is 19.9 Å². The highest BCUT2D eigenvalue weighted by Crippen LogP contribution is 2.39. The summed E-state index contributed by atoms with van der Waals surface area (Å²) in [5.41, 5.74) is 7.45. The number of hydrogen-bond acceptors (Lipinski definition) is 6. The molecule has 0 aliphatic carbocycles. The fraction of sp³-hybridized carbons (Fsp3) is 0.429. The summed E-state index contributed by atoms with van der Waals surface area (Å²) < 4.78 is 16.0. The lowest BCUT2D eigenvalue weighted by atomic mass is 9.94. The molecular formula is C14H19N3O3. The molecule has 1 aromatic rings. The van der Waals surface area contributed by atoms with Gasteiger partial charge < -0.3 is 19.9 Å². The van der Waals surface area contributed by atoms with E-state index in [0.29, 0.717) is 29.5 Å². The normalized spacial score (nSPS) is 18.1. The number of benzene rings is 1. The highest BCUT2D eigenvalue weighted by Gasteiger charge is 2.22. The Morgan fingerprint density at radius 3 is 2.10 bits per heavy atom. The molecule has 20 heavy (non-hydrogen) atoms. The van der Waals surface area contributed by atoms with Crippen LogP contribution >= 0.6 is 0 Å². The first kappa shape index (κ1) is 14.2. The Balaban J connectivity index is 2.53. The number of rotatable bonds is 4. The molecule has 1 aliphatic heterocycles. The summed E-state index contributed by atoms with van der Waals surface area (Å²) in [4.78, 5) is 0. The Bertz CT molecular complexity index is 542. The van der Waals surface area contributed by atoms with Gasteiger partial charge in [-0.05, 0) is 12.1 Å². The SMILES string of the molecule is COc1cc(C2=NN=C(N)CC2C)cc(OC)c1OC. The van der Waals surface area contributed by atoms with Gasteiger partial charge in [-0.2, -0.15) is 5.10 Å². The third kappa shape index (κ3) is 2.54. The Morgan fingerprint density at radius 2 is 1.65 bits per heavy atom. The van der Waals surface area contributed by atoms with Gasteiger partial charge in [0, 0.05) is 17.9 Å². The van der Waals surface area contributed by atoms with E-state index in [0.717, 1.165) is 11.3 Å². The zero-order valence-corrected chi connectivity index (χ0v) is 12.1. The molecule has 0 saturated carbocycles. The van der Waals surface area contributed by atoms with Crippen LogP contribution in [-0.4, -0.2) is 32.9 Å². The summed E-state index contributed by atoms with van der Waals surface area (Å²) in [6.45, 7) is 2.06. The molecule has 0 fully saturated rings. The molecule has 6 nitrogen and oxygen atoms in total. The molecule has 2 rings (SSSR count). The Labute approximate surface area is 118 Å². The van der Waals surface area contributed by atoms with Gasteiger partial charge in [0.2, 0.25) is 5.75 Å². The maximum atomic E-state index is 5.70. The van der Waals surface area contributed by atoms with Crippen LogP contribution < -0.4 is 19.9 Å². The number of ether oxygens (including phenoxy) is 3. The van der Waals surface area contributed by atoms with E-state index in [1.165, 1.54) is 0 Å². The van der Waals surface area contributed by atoms with E-state index in [1.54, 1.807) is 21.3 Å². The van der Waals surface area contributed by atoms with Gasteiger partial charge in [-0.25, -0.2) is 0 Å². The lowest BCUT2D eigenvalue weighted by molar-refractivity contribution is 0.324. The molecule has 108 valence electrons. The summed E-state index contributed by atoms with van der Waals surface area (Å²) in [7, 11) is 4.75. The second-order valence-electron chi connectivity index (χ2n) is 4.60. The molecular weight excluding hydrogens is 258 g/mol. The van der Waals surface area contributed by atoms with Crippen molar-refractivity contribution in [1.29, 1.82) is 0 Å². The molecule has 1 aliphatic rings. The third-order valence-corrected chi connectivity index (χ3v) is 3.23. The number of nitrogens with zero attached hydrogens (tertiary/aromatic N) is 2. The standard InChI is InChI=1S/C14H19N3O3/c1-8-5-12(15)16-17-13(8)9-6-10(18-2)14(20-4)11(7-9)19-3/h6-8H,5H2,1-4H3,(H2,15,16). The van der Waals surface area contributed by atoms with Gasteiger partial charge in [0.25, 0.3) is 0 Å². The van der Waals surface area contributed by atoms with Crippen LogP contribution in [0.1, 0.15) is 18.9 Å². The van der Waals surface area contributed by atoms with Crippen molar-refractivity contribution >= 4 is 11.5 Å². The number of amidine groups is 1. The van der Waals surface area contributed by atoms with E-state index in [9.17, 15) is 0 Å². The first-order chi connectivity index (χ1) is 9.60. The zero-order valence-electron chi connectivity index (χ0n) is 12.1. The molecule has 6 heteroatoms. The second-order valence-corrected chi connectivity index (χ2v) is 4.60. The first-order valence-corrected chi connectivity index (χ1v) is 6.31. The molecule has 1 unspecified atom stereocenters. The van der Waals surface area contributed by atoms with E-state index in [-0.39, 0.29) is 5.92 Å². The predicted molar refractivity (Wildman–Crippen MR) is 78.0 cm³/mol. The molecule has 0 saturated heterocycles. The van der Waals surface area contributed by atoms with Crippen molar-refractivity contribution in [3.8, 4) is 17.2 Å². The van der Waals surface area contributed by atoms with Crippen LogP contribution in [0, 0.1) is 5.92 Å². The number of hydrogen-bond donors (Lipinski definition) is 1. The molecule has 0 spiro atoms. The molecule has 0 aromatic heterocycles. The molecule has 1 aromatic carbocycles. The maximum absolute atomic E-state index is 5.70. The van der Waals surface area contributed by atoms with Crippen LogP contribution in [0.3, 0.4) is 0 Å². The smallest absolute Gasteiger partial charge is 0.203 e. The Morgan fingerprint density at radius 1 is 1.05 bits per heavy atom. The van der Waals surface area contributed by atoms with Gasteiger partial charge >= 0.3 is 0 Å². The minimum Gasteiger partial charge on any atom is -0.493 e. The van der Waals surface area contributed by atoms with Crippen molar-refractivity contribution in [2.75, 3.05) is 21.3 Å². The topological polar surface area (TPSA) is 78.4 Å². The largest absolute Gasteiger partial charge is 0.493 e. The molecule has 2 N–H and O–H groups in total. The van der Waals surface area contributed by atoms with E-state index >= 15 is 0 Å². The lowest BCUT2D eigenvalue weighted by Crippen LogP contribution is -2.25. The molecule has 1 heterocycles. The Hall–Kier alpha value is -2.24. The van der Waals surface area contributed by atoms with Crippen LogP contribution in [0.5, 0.6) is 17.2 Å². The summed E-state index contributed by atoms with van der Waals surface area (Å²) in [5, 5.41) is 8.16. The van der Waals surface area contributed by atoms with Crippen molar-refractivity contribution in [3.63, 3.8) is 0 Å². The minimum atomic E-state index is 0.190. The van der Waals surface area contributed by atoms with Gasteiger partial charge in [-0.1, -0.05) is 6.92 Å². The number of methoxy groups -OCH3 is 3. The molecule has 0 bridgehead atoms. The Kier molecular flexibility index (Phi) is 4.12. The average Bonchev–Trinajstić information content (AvgIpc) is 2.45. The van der Waals surface area contributed by atoms with Gasteiger partial charge in [0.15, 0.2) is 11.5 Å². The number of nitrogens with two attached hydrogens (primary N) is 1. The average molecular weight is 277 g/mol. The fourth-order valence-corrected chi connectivity index (χ4v) is 2.24. The van der Waals surface area contributed by atoms with Crippen molar-refractivity contribution in [2.45, 2.75) is 13.3 Å². The van der Waals surface area contributed by atoms with E-state index in [1.807, 2.05) is 12.1 Å². The van der Waals surface area contributed by atoms with Crippen molar-refractivity contribution in [3.05, 3.63) is 17.7 Å². The summed E-state index contributed by atoms with van der Waals surface area (Å²) in [5.74, 6) is 2.49. The maximum Gasteiger partial charge on any atom is 0.203 e. The molecule has 0 amide bonds. The highest BCUT2D eigenvalue weighted by atomic mass is 16.5. The van der Waals surface area contributed by atoms with Crippen LogP contribution in [0.25, 0.3) is 0 Å². The molecule has 0 radical (unpaired) electrons. The van der Waals surface area contributed by atoms with E-state index in [2.05, 4.69) is 17.1 Å².